The highest BCUT2D eigenvalue weighted by molar-refractivity contribution is 6.01. The van der Waals surface area contributed by atoms with Crippen LogP contribution in [0.5, 0.6) is 5.75 Å². The monoisotopic (exact) mass is 1060 g/mol. The van der Waals surface area contributed by atoms with Gasteiger partial charge in [0.15, 0.2) is 6.10 Å². The summed E-state index contributed by atoms with van der Waals surface area (Å²) in [6, 6.07) is -0.655. The summed E-state index contributed by atoms with van der Waals surface area (Å²) in [5.41, 5.74) is -0.285. The molecule has 0 saturated carbocycles. The Balaban J connectivity index is 1.61. The predicted molar refractivity (Wildman–Crippen MR) is 282 cm³/mol. The van der Waals surface area contributed by atoms with Crippen molar-refractivity contribution in [3.05, 3.63) is 42.0 Å². The fourth-order valence-corrected chi connectivity index (χ4v) is 11.1. The second kappa shape index (κ2) is 26.3. The van der Waals surface area contributed by atoms with Crippen LogP contribution >= 0.6 is 0 Å². The van der Waals surface area contributed by atoms with Crippen LogP contribution in [-0.4, -0.2) is 172 Å². The van der Waals surface area contributed by atoms with E-state index in [9.17, 15) is 43.5 Å². The van der Waals surface area contributed by atoms with Crippen molar-refractivity contribution in [1.82, 2.24) is 35.6 Å². The topological polar surface area (TPSA) is 251 Å². The van der Waals surface area contributed by atoms with Crippen LogP contribution in [0.25, 0.3) is 0 Å². The second-order valence-electron chi connectivity index (χ2n) is 22.6. The highest BCUT2D eigenvalue weighted by Gasteiger charge is 2.57. The summed E-state index contributed by atoms with van der Waals surface area (Å²) in [5, 5.41) is 20.3. The minimum atomic E-state index is -1.69. The van der Waals surface area contributed by atoms with E-state index in [1.54, 1.807) is 56.9 Å². The van der Waals surface area contributed by atoms with Gasteiger partial charge >= 0.3 is 11.9 Å². The van der Waals surface area contributed by atoms with E-state index in [0.717, 1.165) is 0 Å². The summed E-state index contributed by atoms with van der Waals surface area (Å²) in [6.07, 6.45) is -2.52. The van der Waals surface area contributed by atoms with Crippen molar-refractivity contribution in [2.24, 2.45) is 23.7 Å². The van der Waals surface area contributed by atoms with Gasteiger partial charge in [0, 0.05) is 38.7 Å². The number of likely N-dealkylation sites (N-methyl/N-ethyl adjacent to an activating group) is 1. The number of ether oxygens (including phenoxy) is 3. The van der Waals surface area contributed by atoms with Gasteiger partial charge in [0.25, 0.3) is 5.91 Å². The molecule has 0 unspecified atom stereocenters. The van der Waals surface area contributed by atoms with Gasteiger partial charge in [0.2, 0.25) is 35.4 Å². The molecule has 422 valence electrons. The van der Waals surface area contributed by atoms with E-state index in [1.807, 2.05) is 34.6 Å². The van der Waals surface area contributed by atoms with Gasteiger partial charge in [-0.3, -0.25) is 38.4 Å². The second-order valence-corrected chi connectivity index (χ2v) is 22.6. The number of amides is 7. The van der Waals surface area contributed by atoms with Crippen LogP contribution in [0.4, 0.5) is 0 Å². The molecule has 4 aliphatic heterocycles. The number of esters is 2. The number of aliphatic hydroxyl groups is 1. The van der Waals surface area contributed by atoms with E-state index < -0.39 is 126 Å². The number of benzene rings is 1. The first kappa shape index (κ1) is 60.8. The SMILES string of the molecule is C=C(C)C(=O)N1CCC[C@]12CCN([C@H](CC(C)C)C(=O)N[C@@H]1C(=O)N[C@@H]([C@@H](C)CC)[C@@H](O)CC(=O)O[C@@H](C(C)C)C(=O)N[C@@H](CC(C)C)C(=O)N3CCC[C@H]3C(=O)N(C)[C@@H](Cc3ccc(OC)cc3)C(=O)O[C@@H]1C)C2=O. The molecule has 0 aliphatic carbocycles. The summed E-state index contributed by atoms with van der Waals surface area (Å²) in [6.45, 7) is 21.9. The number of fused-ring (bicyclic) bond motifs is 1. The Morgan fingerprint density at radius 3 is 2.16 bits per heavy atom. The highest BCUT2D eigenvalue weighted by Crippen LogP contribution is 2.41. The van der Waals surface area contributed by atoms with Gasteiger partial charge in [-0.15, -0.1) is 0 Å². The fourth-order valence-electron chi connectivity index (χ4n) is 11.1. The van der Waals surface area contributed by atoms with Crippen LogP contribution in [0.3, 0.4) is 0 Å². The molecule has 0 bridgehead atoms. The smallest absolute Gasteiger partial charge is 0.329 e. The molecular weight excluding hydrogens is 979 g/mol. The Morgan fingerprint density at radius 2 is 1.57 bits per heavy atom. The van der Waals surface area contributed by atoms with E-state index in [2.05, 4.69) is 22.5 Å². The van der Waals surface area contributed by atoms with Crippen LogP contribution in [0.1, 0.15) is 133 Å². The maximum Gasteiger partial charge on any atom is 0.329 e. The lowest BCUT2D eigenvalue weighted by molar-refractivity contribution is -0.162. The number of hydrogen-bond acceptors (Lipinski definition) is 13. The number of likely N-dealkylation sites (tertiary alicyclic amines) is 2. The number of aliphatic hydroxyl groups excluding tert-OH is 1. The van der Waals surface area contributed by atoms with Crippen LogP contribution in [0, 0.1) is 23.7 Å². The van der Waals surface area contributed by atoms with Crippen LogP contribution < -0.4 is 20.7 Å². The van der Waals surface area contributed by atoms with Crippen molar-refractivity contribution >= 4 is 53.3 Å². The number of nitrogens with zero attached hydrogens (tertiary/aromatic N) is 4. The molecule has 1 spiro atoms. The maximum atomic E-state index is 15.0. The molecule has 20 heteroatoms. The minimum Gasteiger partial charge on any atom is -0.497 e. The molecule has 0 aromatic heterocycles. The van der Waals surface area contributed by atoms with Gasteiger partial charge in [0.05, 0.1) is 25.7 Å². The Kier molecular flexibility index (Phi) is 21.1. The predicted octanol–water partition coefficient (Wildman–Crippen LogP) is 3.45. The van der Waals surface area contributed by atoms with E-state index in [0.29, 0.717) is 43.5 Å². The van der Waals surface area contributed by atoms with Crippen molar-refractivity contribution < 1.29 is 62.5 Å². The van der Waals surface area contributed by atoms with Gasteiger partial charge in [-0.05, 0) is 100 Å². The number of cyclic esters (lactones) is 2. The molecule has 20 nitrogen and oxygen atoms in total. The molecule has 0 radical (unpaired) electrons. The van der Waals surface area contributed by atoms with E-state index in [4.69, 9.17) is 14.2 Å². The number of carbonyl (C=O) groups is 9. The Morgan fingerprint density at radius 1 is 0.895 bits per heavy atom. The summed E-state index contributed by atoms with van der Waals surface area (Å²) >= 11 is 0. The van der Waals surface area contributed by atoms with Gasteiger partial charge in [-0.25, -0.2) is 4.79 Å². The largest absolute Gasteiger partial charge is 0.497 e. The van der Waals surface area contributed by atoms with Gasteiger partial charge in [0.1, 0.15) is 47.6 Å². The molecule has 5 rings (SSSR count). The molecule has 4 fully saturated rings. The Labute approximate surface area is 448 Å². The lowest BCUT2D eigenvalue weighted by Gasteiger charge is -2.37. The van der Waals surface area contributed by atoms with Crippen LogP contribution in [0.2, 0.25) is 0 Å². The van der Waals surface area contributed by atoms with Gasteiger partial charge in [-0.1, -0.05) is 80.5 Å². The third-order valence-electron chi connectivity index (χ3n) is 15.5. The molecule has 4 N–H and O–H groups in total. The van der Waals surface area contributed by atoms with Gasteiger partial charge in [-0.2, -0.15) is 0 Å². The molecule has 1 aromatic carbocycles. The molecule has 1 aromatic rings. The molecule has 4 heterocycles. The minimum absolute atomic E-state index is 0.0825. The Bertz CT molecular complexity index is 2310. The normalized spacial score (nSPS) is 28.5. The van der Waals surface area contributed by atoms with Crippen LogP contribution in [0.15, 0.2) is 36.4 Å². The summed E-state index contributed by atoms with van der Waals surface area (Å²) < 4.78 is 17.3. The molecule has 4 aliphatic rings. The van der Waals surface area contributed by atoms with Crippen LogP contribution in [-0.2, 0) is 59.0 Å². The number of methoxy groups -OCH3 is 1. The molecule has 76 heavy (non-hydrogen) atoms. The summed E-state index contributed by atoms with van der Waals surface area (Å²) in [4.78, 5) is 136. The molecule has 7 amide bonds. The van der Waals surface area contributed by atoms with E-state index >= 15 is 4.79 Å². The molecule has 11 atom stereocenters. The maximum absolute atomic E-state index is 15.0. The number of hydrogen-bond donors (Lipinski definition) is 4. The lowest BCUT2D eigenvalue weighted by atomic mass is 9.92. The zero-order chi connectivity index (χ0) is 56.5. The summed E-state index contributed by atoms with van der Waals surface area (Å²) in [5.74, 6) is -6.90. The first-order valence-electron chi connectivity index (χ1n) is 27.2. The summed E-state index contributed by atoms with van der Waals surface area (Å²) in [7, 11) is 2.94. The van der Waals surface area contributed by atoms with Gasteiger partial charge < -0.3 is 54.9 Å². The molecular formula is C56H85N7O13. The molecule has 4 saturated heterocycles. The van der Waals surface area contributed by atoms with E-state index in [-0.39, 0.29) is 68.5 Å². The zero-order valence-corrected chi connectivity index (χ0v) is 46.8. The fraction of sp³-hybridized carbons (Fsp3) is 0.696. The van der Waals surface area contributed by atoms with Crippen molar-refractivity contribution in [2.45, 2.75) is 194 Å². The quantitative estimate of drug-likeness (QED) is 0.154. The number of carbonyl (C=O) groups excluding carboxylic acids is 9. The average molecular weight is 1060 g/mol. The lowest BCUT2D eigenvalue weighted by Crippen LogP contribution is -2.62. The van der Waals surface area contributed by atoms with E-state index in [1.165, 1.54) is 35.8 Å². The number of rotatable bonds is 14. The van der Waals surface area contributed by atoms with Crippen molar-refractivity contribution in [3.8, 4) is 5.75 Å². The third kappa shape index (κ3) is 14.1. The highest BCUT2D eigenvalue weighted by atomic mass is 16.6. The standard InChI is InChI=1S/C56H85N7O13/c1-14-35(10)45-43(64)30-44(65)76-47(33(6)7)50(68)57-39(27-31(2)3)52(70)61-24-15-17-40(61)53(71)60(12)42(29-37-18-20-38(74-13)21-19-37)54(72)75-36(11)46(49(67)58-45)59-48(66)41(28-32(4)5)62-26-23-56(55(62)73)22-16-25-63(56)51(69)34(8)9/h18-21,31-33,35-36,39-43,45-47,64H,8,14-17,22-30H2,1-7,9-13H3,(H,57,68)(H,58,67)(H,59,66)/t35-,36+,39-,40-,41+,42-,43-,45-,46-,47-,56+/m0/s1. The third-order valence-corrected chi connectivity index (χ3v) is 15.5. The number of nitrogens with one attached hydrogen (secondary N) is 3. The average Bonchev–Trinajstić information content (AvgIpc) is 4.12. The van der Waals surface area contributed by atoms with Crippen molar-refractivity contribution in [1.29, 1.82) is 0 Å². The first-order chi connectivity index (χ1) is 35.8. The Hall–Kier alpha value is -6.05. The van der Waals surface area contributed by atoms with Crippen molar-refractivity contribution in [3.63, 3.8) is 0 Å². The first-order valence-corrected chi connectivity index (χ1v) is 27.2. The van der Waals surface area contributed by atoms with Crippen molar-refractivity contribution in [2.75, 3.05) is 33.8 Å². The zero-order valence-electron chi connectivity index (χ0n) is 46.8.